The molecule has 0 amide bonds. The number of halogens is 1. The van der Waals surface area contributed by atoms with E-state index in [1.807, 2.05) is 11.3 Å². The monoisotopic (exact) mass is 372 g/mol. The van der Waals surface area contributed by atoms with Gasteiger partial charge in [0.2, 0.25) is 0 Å². The van der Waals surface area contributed by atoms with Crippen molar-refractivity contribution in [3.63, 3.8) is 0 Å². The van der Waals surface area contributed by atoms with Gasteiger partial charge in [0.15, 0.2) is 0 Å². The fourth-order valence-electron chi connectivity index (χ4n) is 3.41. The van der Waals surface area contributed by atoms with Crippen LogP contribution in [0.5, 0.6) is 0 Å². The molecule has 2 heterocycles. The van der Waals surface area contributed by atoms with Crippen molar-refractivity contribution in [2.24, 2.45) is 0 Å². The summed E-state index contributed by atoms with van der Waals surface area (Å²) < 4.78 is 1.22. The Morgan fingerprint density at radius 3 is 2.62 bits per heavy atom. The summed E-state index contributed by atoms with van der Waals surface area (Å²) >= 11 is 5.46. The van der Waals surface area contributed by atoms with E-state index in [0.717, 1.165) is 13.0 Å². The van der Waals surface area contributed by atoms with Gasteiger partial charge in [0, 0.05) is 26.3 Å². The molecule has 2 rings (SSSR count). The van der Waals surface area contributed by atoms with Gasteiger partial charge in [-0.15, -0.1) is 11.3 Å². The van der Waals surface area contributed by atoms with Crippen LogP contribution in [0, 0.1) is 0 Å². The number of hydrogen-bond acceptors (Lipinski definition) is 3. The van der Waals surface area contributed by atoms with Crippen molar-refractivity contribution in [3.8, 4) is 0 Å². The molecule has 2 unspecified atom stereocenters. The van der Waals surface area contributed by atoms with E-state index >= 15 is 0 Å². The van der Waals surface area contributed by atoms with Gasteiger partial charge in [-0.1, -0.05) is 13.8 Å². The molecule has 1 aromatic rings. The van der Waals surface area contributed by atoms with E-state index < -0.39 is 0 Å². The molecule has 120 valence electrons. The highest BCUT2D eigenvalue weighted by molar-refractivity contribution is 9.10. The largest absolute Gasteiger partial charge is 0.312 e. The molecule has 2 nitrogen and oxygen atoms in total. The molecule has 4 heteroatoms. The molecule has 0 bridgehead atoms. The second-order valence-electron chi connectivity index (χ2n) is 6.35. The van der Waals surface area contributed by atoms with E-state index in [1.54, 1.807) is 0 Å². The van der Waals surface area contributed by atoms with E-state index in [-0.39, 0.29) is 5.54 Å². The molecule has 1 fully saturated rings. The second kappa shape index (κ2) is 8.09. The summed E-state index contributed by atoms with van der Waals surface area (Å²) in [5.74, 6) is 0. The maximum atomic E-state index is 3.85. The van der Waals surface area contributed by atoms with Gasteiger partial charge in [-0.3, -0.25) is 4.90 Å². The lowest BCUT2D eigenvalue weighted by atomic mass is 9.85. The maximum absolute atomic E-state index is 3.85. The number of nitrogens with one attached hydrogen (secondary N) is 1. The average molecular weight is 373 g/mol. The summed E-state index contributed by atoms with van der Waals surface area (Å²) in [4.78, 5) is 4.21. The summed E-state index contributed by atoms with van der Waals surface area (Å²) in [7, 11) is 0. The zero-order chi connectivity index (χ0) is 15.3. The van der Waals surface area contributed by atoms with Gasteiger partial charge < -0.3 is 5.32 Å². The number of likely N-dealkylation sites (tertiary alicyclic amines) is 1. The highest BCUT2D eigenvalue weighted by Gasteiger charge is 2.39. The average Bonchev–Trinajstić information content (AvgIpc) is 3.14. The molecule has 0 aliphatic carbocycles. The quantitative estimate of drug-likeness (QED) is 0.711. The summed E-state index contributed by atoms with van der Waals surface area (Å²) in [6, 6.07) is 2.82. The standard InChI is InChI=1S/C17H29BrN2S/c1-4-8-19-16(12-15-11-14(18)13-21-15)17(3,5-2)20-9-6-7-10-20/h11,13,16,19H,4-10,12H2,1-3H3. The summed E-state index contributed by atoms with van der Waals surface area (Å²) in [6.07, 6.45) is 6.27. The minimum absolute atomic E-state index is 0.266. The number of thiophene rings is 1. The smallest absolute Gasteiger partial charge is 0.0335 e. The third kappa shape index (κ3) is 4.31. The van der Waals surface area contributed by atoms with Crippen molar-refractivity contribution in [1.29, 1.82) is 0 Å². The molecule has 0 aromatic carbocycles. The first-order chi connectivity index (χ1) is 10.1. The lowest BCUT2D eigenvalue weighted by Crippen LogP contribution is -2.59. The van der Waals surface area contributed by atoms with Gasteiger partial charge in [-0.2, -0.15) is 0 Å². The fraction of sp³-hybridized carbons (Fsp3) is 0.765. The van der Waals surface area contributed by atoms with E-state index in [1.165, 1.54) is 48.1 Å². The van der Waals surface area contributed by atoms with Crippen LogP contribution < -0.4 is 5.32 Å². The van der Waals surface area contributed by atoms with E-state index in [2.05, 4.69) is 58.4 Å². The van der Waals surface area contributed by atoms with Crippen LogP contribution in [0.1, 0.15) is 51.3 Å². The summed E-state index contributed by atoms with van der Waals surface area (Å²) in [5.41, 5.74) is 0.266. The van der Waals surface area contributed by atoms with Gasteiger partial charge in [0.05, 0.1) is 0 Å². The van der Waals surface area contributed by atoms with Crippen LogP contribution in [0.25, 0.3) is 0 Å². The topological polar surface area (TPSA) is 15.3 Å². The van der Waals surface area contributed by atoms with Crippen LogP contribution in [0.4, 0.5) is 0 Å². The lowest BCUT2D eigenvalue weighted by molar-refractivity contribution is 0.0843. The van der Waals surface area contributed by atoms with Crippen LogP contribution in [-0.4, -0.2) is 36.1 Å². The molecule has 1 aromatic heterocycles. The molecular formula is C17H29BrN2S. The molecule has 0 spiro atoms. The Morgan fingerprint density at radius 1 is 1.38 bits per heavy atom. The highest BCUT2D eigenvalue weighted by Crippen LogP contribution is 2.31. The molecule has 21 heavy (non-hydrogen) atoms. The van der Waals surface area contributed by atoms with Crippen LogP contribution in [-0.2, 0) is 6.42 Å². The minimum atomic E-state index is 0.266. The Labute approximate surface area is 142 Å². The van der Waals surface area contributed by atoms with Gasteiger partial charge in [-0.05, 0) is 80.7 Å². The van der Waals surface area contributed by atoms with E-state index in [9.17, 15) is 0 Å². The second-order valence-corrected chi connectivity index (χ2v) is 8.26. The Morgan fingerprint density at radius 2 is 2.10 bits per heavy atom. The molecule has 1 aliphatic heterocycles. The van der Waals surface area contributed by atoms with Crippen molar-refractivity contribution in [2.45, 2.75) is 64.5 Å². The van der Waals surface area contributed by atoms with Crippen molar-refractivity contribution < 1.29 is 0 Å². The first-order valence-electron chi connectivity index (χ1n) is 8.31. The highest BCUT2D eigenvalue weighted by atomic mass is 79.9. The predicted octanol–water partition coefficient (Wildman–Crippen LogP) is 4.69. The predicted molar refractivity (Wildman–Crippen MR) is 97.3 cm³/mol. The Kier molecular flexibility index (Phi) is 6.73. The van der Waals surface area contributed by atoms with Gasteiger partial charge in [0.1, 0.15) is 0 Å². The number of nitrogens with zero attached hydrogens (tertiary/aromatic N) is 1. The SMILES string of the molecule is CCCNC(Cc1cc(Br)cs1)C(C)(CC)N1CCCC1. The zero-order valence-electron chi connectivity index (χ0n) is 13.6. The summed E-state index contributed by atoms with van der Waals surface area (Å²) in [5, 5.41) is 6.05. The van der Waals surface area contributed by atoms with Crippen molar-refractivity contribution in [2.75, 3.05) is 19.6 Å². The third-order valence-electron chi connectivity index (χ3n) is 4.96. The lowest BCUT2D eigenvalue weighted by Gasteiger charge is -2.45. The van der Waals surface area contributed by atoms with Crippen LogP contribution in [0.2, 0.25) is 0 Å². The van der Waals surface area contributed by atoms with Crippen molar-refractivity contribution >= 4 is 27.3 Å². The fourth-order valence-corrected chi connectivity index (χ4v) is 4.91. The number of hydrogen-bond donors (Lipinski definition) is 1. The summed E-state index contributed by atoms with van der Waals surface area (Å²) in [6.45, 7) is 10.7. The molecule has 2 atom stereocenters. The Hall–Kier alpha value is 0.1000. The molecule has 1 saturated heterocycles. The normalized spacial score (nSPS) is 20.6. The van der Waals surface area contributed by atoms with Gasteiger partial charge in [-0.25, -0.2) is 0 Å². The van der Waals surface area contributed by atoms with Crippen molar-refractivity contribution in [1.82, 2.24) is 10.2 Å². The molecule has 0 radical (unpaired) electrons. The molecule has 0 saturated carbocycles. The minimum Gasteiger partial charge on any atom is -0.312 e. The van der Waals surface area contributed by atoms with E-state index in [4.69, 9.17) is 0 Å². The molecule has 1 aliphatic rings. The number of rotatable bonds is 8. The van der Waals surface area contributed by atoms with Crippen LogP contribution in [0.15, 0.2) is 15.9 Å². The molecule has 1 N–H and O–H groups in total. The van der Waals surface area contributed by atoms with Crippen LogP contribution in [0.3, 0.4) is 0 Å². The first-order valence-corrected chi connectivity index (χ1v) is 9.98. The van der Waals surface area contributed by atoms with Crippen LogP contribution >= 0.6 is 27.3 Å². The zero-order valence-corrected chi connectivity index (χ0v) is 16.0. The van der Waals surface area contributed by atoms with E-state index in [0.29, 0.717) is 6.04 Å². The van der Waals surface area contributed by atoms with Crippen molar-refractivity contribution in [3.05, 3.63) is 20.8 Å². The maximum Gasteiger partial charge on any atom is 0.0335 e. The van der Waals surface area contributed by atoms with Gasteiger partial charge in [0.25, 0.3) is 0 Å². The first kappa shape index (κ1) is 17.5. The third-order valence-corrected chi connectivity index (χ3v) is 6.68. The Balaban J connectivity index is 2.15. The molecular weight excluding hydrogens is 344 g/mol. The van der Waals surface area contributed by atoms with Gasteiger partial charge >= 0.3 is 0 Å². The Bertz CT molecular complexity index is 428.